The summed E-state index contributed by atoms with van der Waals surface area (Å²) in [5.41, 5.74) is 4.96. The number of benzene rings is 1. The second-order valence-electron chi connectivity index (χ2n) is 4.29. The predicted molar refractivity (Wildman–Crippen MR) is 69.4 cm³/mol. The Hall–Kier alpha value is -2.30. The maximum Gasteiger partial charge on any atom is 0.192 e. The van der Waals surface area contributed by atoms with Crippen LogP contribution in [0.4, 0.5) is 5.69 Å². The molecular formula is C13H14N4O. The second-order valence-corrected chi connectivity index (χ2v) is 4.29. The van der Waals surface area contributed by atoms with Gasteiger partial charge in [0, 0.05) is 30.4 Å². The van der Waals surface area contributed by atoms with Gasteiger partial charge in [-0.3, -0.25) is 5.10 Å². The Labute approximate surface area is 104 Å². The zero-order chi connectivity index (χ0) is 12.5. The molecule has 1 aromatic carbocycles. The molecule has 18 heavy (non-hydrogen) atoms. The molecule has 0 bridgehead atoms. The maximum absolute atomic E-state index is 5.44. The molecular weight excluding hydrogens is 228 g/mol. The fourth-order valence-corrected chi connectivity index (χ4v) is 1.90. The molecule has 0 fully saturated rings. The Morgan fingerprint density at radius 1 is 1.33 bits per heavy atom. The number of aromatic nitrogens is 3. The first-order chi connectivity index (χ1) is 8.72. The van der Waals surface area contributed by atoms with Crippen molar-refractivity contribution in [1.29, 1.82) is 0 Å². The Bertz CT molecular complexity index is 683. The molecule has 0 radical (unpaired) electrons. The highest BCUT2D eigenvalue weighted by Gasteiger charge is 2.04. The number of anilines is 1. The van der Waals surface area contributed by atoms with Crippen LogP contribution < -0.4 is 5.32 Å². The van der Waals surface area contributed by atoms with Crippen LogP contribution in [0.5, 0.6) is 0 Å². The van der Waals surface area contributed by atoms with Crippen LogP contribution >= 0.6 is 0 Å². The van der Waals surface area contributed by atoms with Crippen LogP contribution in [0.15, 0.2) is 28.8 Å². The lowest BCUT2D eigenvalue weighted by molar-refractivity contribution is 0.561. The molecule has 0 unspecified atom stereocenters. The number of aromatic amines is 1. The fourth-order valence-electron chi connectivity index (χ4n) is 1.90. The zero-order valence-corrected chi connectivity index (χ0v) is 10.3. The number of nitrogens with one attached hydrogen (secondary N) is 2. The van der Waals surface area contributed by atoms with Gasteiger partial charge in [0.2, 0.25) is 0 Å². The number of nitrogens with zero attached hydrogens (tertiary/aromatic N) is 2. The average molecular weight is 242 g/mol. The Balaban J connectivity index is 1.80. The van der Waals surface area contributed by atoms with Crippen molar-refractivity contribution < 1.29 is 4.42 Å². The quantitative estimate of drug-likeness (QED) is 0.741. The Morgan fingerprint density at radius 3 is 3.00 bits per heavy atom. The molecule has 0 saturated heterocycles. The van der Waals surface area contributed by atoms with E-state index in [-0.39, 0.29) is 0 Å². The molecule has 0 saturated carbocycles. The van der Waals surface area contributed by atoms with Gasteiger partial charge < -0.3 is 9.73 Å². The van der Waals surface area contributed by atoms with Crippen molar-refractivity contribution in [2.24, 2.45) is 0 Å². The number of hydrogen-bond donors (Lipinski definition) is 2. The normalized spacial score (nSPS) is 11.0. The van der Waals surface area contributed by atoms with Gasteiger partial charge in [-0.1, -0.05) is 0 Å². The number of rotatable bonds is 3. The lowest BCUT2D eigenvalue weighted by atomic mass is 10.2. The van der Waals surface area contributed by atoms with Crippen LogP contribution in [-0.4, -0.2) is 15.2 Å². The van der Waals surface area contributed by atoms with Gasteiger partial charge in [-0.05, 0) is 25.1 Å². The minimum Gasteiger partial charge on any atom is -0.441 e. The van der Waals surface area contributed by atoms with E-state index >= 15 is 0 Å². The Morgan fingerprint density at radius 2 is 2.22 bits per heavy atom. The lowest BCUT2D eigenvalue weighted by Gasteiger charge is -2.04. The molecule has 2 heterocycles. The SMILES string of the molecule is Cc1nc2cc(NCc3cn[nH]c3C)ccc2o1. The van der Waals surface area contributed by atoms with Gasteiger partial charge in [0.1, 0.15) is 5.52 Å². The van der Waals surface area contributed by atoms with Gasteiger partial charge in [-0.25, -0.2) is 4.98 Å². The topological polar surface area (TPSA) is 66.7 Å². The third-order valence-corrected chi connectivity index (χ3v) is 2.91. The fraction of sp³-hybridized carbons (Fsp3) is 0.231. The standard InChI is InChI=1S/C13H14N4O/c1-8-10(7-15-17-8)6-14-11-3-4-13-12(5-11)16-9(2)18-13/h3-5,7,14H,6H2,1-2H3,(H,15,17). The predicted octanol–water partition coefficient (Wildman–Crippen LogP) is 2.78. The van der Waals surface area contributed by atoms with Crippen molar-refractivity contribution in [3.8, 4) is 0 Å². The number of fused-ring (bicyclic) bond motifs is 1. The summed E-state index contributed by atoms with van der Waals surface area (Å²) in [7, 11) is 0. The van der Waals surface area contributed by atoms with E-state index in [0.717, 1.165) is 34.6 Å². The van der Waals surface area contributed by atoms with E-state index in [0.29, 0.717) is 5.89 Å². The molecule has 0 aliphatic rings. The molecule has 5 heteroatoms. The number of aryl methyl sites for hydroxylation is 2. The van der Waals surface area contributed by atoms with Gasteiger partial charge in [0.05, 0.1) is 6.20 Å². The van der Waals surface area contributed by atoms with Gasteiger partial charge in [-0.2, -0.15) is 5.10 Å². The van der Waals surface area contributed by atoms with Gasteiger partial charge >= 0.3 is 0 Å². The summed E-state index contributed by atoms with van der Waals surface area (Å²) in [6, 6.07) is 5.91. The molecule has 92 valence electrons. The Kier molecular flexibility index (Phi) is 2.51. The van der Waals surface area contributed by atoms with Crippen molar-refractivity contribution >= 4 is 16.8 Å². The highest BCUT2D eigenvalue weighted by Crippen LogP contribution is 2.20. The summed E-state index contributed by atoms with van der Waals surface area (Å²) in [6.07, 6.45) is 1.83. The molecule has 2 N–H and O–H groups in total. The van der Waals surface area contributed by atoms with E-state index in [1.165, 1.54) is 0 Å². The van der Waals surface area contributed by atoms with Crippen molar-refractivity contribution in [3.63, 3.8) is 0 Å². The average Bonchev–Trinajstić information content (AvgIpc) is 2.90. The smallest absolute Gasteiger partial charge is 0.192 e. The number of H-pyrrole nitrogens is 1. The van der Waals surface area contributed by atoms with Crippen LogP contribution in [0, 0.1) is 13.8 Å². The molecule has 5 nitrogen and oxygen atoms in total. The minimum atomic E-state index is 0.688. The molecule has 0 spiro atoms. The summed E-state index contributed by atoms with van der Waals surface area (Å²) in [6.45, 7) is 4.60. The van der Waals surface area contributed by atoms with Crippen LogP contribution in [-0.2, 0) is 6.54 Å². The van der Waals surface area contributed by atoms with Gasteiger partial charge in [0.15, 0.2) is 11.5 Å². The first-order valence-corrected chi connectivity index (χ1v) is 5.82. The van der Waals surface area contributed by atoms with E-state index in [9.17, 15) is 0 Å². The van der Waals surface area contributed by atoms with E-state index in [1.54, 1.807) is 0 Å². The van der Waals surface area contributed by atoms with E-state index in [1.807, 2.05) is 38.2 Å². The molecule has 0 aliphatic carbocycles. The molecule has 3 rings (SSSR count). The van der Waals surface area contributed by atoms with Gasteiger partial charge in [0.25, 0.3) is 0 Å². The minimum absolute atomic E-state index is 0.688. The van der Waals surface area contributed by atoms with Crippen LogP contribution in [0.2, 0.25) is 0 Å². The summed E-state index contributed by atoms with van der Waals surface area (Å²) in [4.78, 5) is 4.31. The molecule has 0 atom stereocenters. The summed E-state index contributed by atoms with van der Waals surface area (Å²) in [5, 5.41) is 10.3. The van der Waals surface area contributed by atoms with E-state index in [4.69, 9.17) is 4.42 Å². The van der Waals surface area contributed by atoms with Crippen molar-refractivity contribution in [2.75, 3.05) is 5.32 Å². The third-order valence-electron chi connectivity index (χ3n) is 2.91. The number of hydrogen-bond acceptors (Lipinski definition) is 4. The van der Waals surface area contributed by atoms with Crippen LogP contribution in [0.3, 0.4) is 0 Å². The zero-order valence-electron chi connectivity index (χ0n) is 10.3. The first kappa shape index (κ1) is 10.8. The number of oxazole rings is 1. The molecule has 2 aromatic heterocycles. The van der Waals surface area contributed by atoms with Crippen molar-refractivity contribution in [1.82, 2.24) is 15.2 Å². The lowest BCUT2D eigenvalue weighted by Crippen LogP contribution is -1.99. The first-order valence-electron chi connectivity index (χ1n) is 5.82. The third kappa shape index (κ3) is 1.95. The monoisotopic (exact) mass is 242 g/mol. The second kappa shape index (κ2) is 4.18. The highest BCUT2D eigenvalue weighted by molar-refractivity contribution is 5.77. The van der Waals surface area contributed by atoms with E-state index in [2.05, 4.69) is 20.5 Å². The highest BCUT2D eigenvalue weighted by atomic mass is 16.3. The molecule has 0 amide bonds. The summed E-state index contributed by atoms with van der Waals surface area (Å²) >= 11 is 0. The van der Waals surface area contributed by atoms with E-state index < -0.39 is 0 Å². The van der Waals surface area contributed by atoms with Gasteiger partial charge in [-0.15, -0.1) is 0 Å². The molecule has 3 aromatic rings. The van der Waals surface area contributed by atoms with Crippen LogP contribution in [0.1, 0.15) is 17.1 Å². The summed E-state index contributed by atoms with van der Waals surface area (Å²) < 4.78 is 5.44. The van der Waals surface area contributed by atoms with Crippen LogP contribution in [0.25, 0.3) is 11.1 Å². The van der Waals surface area contributed by atoms with Crippen molar-refractivity contribution in [3.05, 3.63) is 41.5 Å². The largest absolute Gasteiger partial charge is 0.441 e. The molecule has 0 aliphatic heterocycles. The van der Waals surface area contributed by atoms with Crippen molar-refractivity contribution in [2.45, 2.75) is 20.4 Å². The maximum atomic E-state index is 5.44. The summed E-state index contributed by atoms with van der Waals surface area (Å²) in [5.74, 6) is 0.688.